The lowest BCUT2D eigenvalue weighted by atomic mass is 9.83. The summed E-state index contributed by atoms with van der Waals surface area (Å²) in [5, 5.41) is 8.98. The molecule has 1 amide bonds. The zero-order valence-corrected chi connectivity index (χ0v) is 13.1. The normalized spacial score (nSPS) is 14.7. The van der Waals surface area contributed by atoms with Crippen LogP contribution in [-0.4, -0.2) is 20.4 Å². The van der Waals surface area contributed by atoms with E-state index in [0.717, 1.165) is 35.0 Å². The molecule has 8 heteroatoms. The van der Waals surface area contributed by atoms with Crippen LogP contribution in [0.25, 0.3) is 10.7 Å². The number of hydrogen-bond acceptors (Lipinski definition) is 7. The van der Waals surface area contributed by atoms with E-state index in [2.05, 4.69) is 19.8 Å². The topological polar surface area (TPSA) is 80.9 Å². The maximum absolute atomic E-state index is 12.2. The van der Waals surface area contributed by atoms with E-state index in [4.69, 9.17) is 4.52 Å². The van der Waals surface area contributed by atoms with Gasteiger partial charge in [-0.3, -0.25) is 10.1 Å². The molecule has 1 aliphatic rings. The molecule has 4 rings (SSSR count). The number of carbonyl (C=O) groups excluding carboxylic acids is 1. The summed E-state index contributed by atoms with van der Waals surface area (Å²) in [6.07, 6.45) is 3.43. The van der Waals surface area contributed by atoms with Gasteiger partial charge in [0.05, 0.1) is 4.88 Å². The Morgan fingerprint density at radius 1 is 1.41 bits per heavy atom. The maximum atomic E-state index is 12.2. The second-order valence-corrected chi connectivity index (χ2v) is 6.80. The van der Waals surface area contributed by atoms with Crippen molar-refractivity contribution >= 4 is 33.9 Å². The van der Waals surface area contributed by atoms with Crippen LogP contribution in [0.15, 0.2) is 28.1 Å². The van der Waals surface area contributed by atoms with E-state index >= 15 is 0 Å². The van der Waals surface area contributed by atoms with Crippen molar-refractivity contribution in [2.75, 3.05) is 5.32 Å². The minimum absolute atomic E-state index is 0.287. The Kier molecular flexibility index (Phi) is 3.47. The van der Waals surface area contributed by atoms with Crippen LogP contribution in [0.2, 0.25) is 0 Å². The fourth-order valence-electron chi connectivity index (χ4n) is 2.22. The number of amides is 1. The summed E-state index contributed by atoms with van der Waals surface area (Å²) in [6.45, 7) is 0. The molecule has 0 unspecified atom stereocenters. The van der Waals surface area contributed by atoms with Crippen LogP contribution < -0.4 is 5.32 Å². The van der Waals surface area contributed by atoms with Crippen LogP contribution >= 0.6 is 22.9 Å². The van der Waals surface area contributed by atoms with Crippen LogP contribution in [0.1, 0.15) is 41.4 Å². The SMILES string of the molecule is O=C(Nc1nc(-c2cccs2)ns1)c1cc(C2CCC2)on1. The van der Waals surface area contributed by atoms with Gasteiger partial charge < -0.3 is 4.52 Å². The first-order valence-electron chi connectivity index (χ1n) is 6.95. The van der Waals surface area contributed by atoms with Crippen molar-refractivity contribution in [2.24, 2.45) is 0 Å². The molecular weight excluding hydrogens is 320 g/mol. The zero-order valence-electron chi connectivity index (χ0n) is 11.5. The molecule has 3 aromatic rings. The van der Waals surface area contributed by atoms with Crippen molar-refractivity contribution in [3.63, 3.8) is 0 Å². The van der Waals surface area contributed by atoms with Gasteiger partial charge in [0.25, 0.3) is 5.91 Å². The van der Waals surface area contributed by atoms with Gasteiger partial charge in [-0.05, 0) is 24.3 Å². The number of thiophene rings is 1. The molecule has 22 heavy (non-hydrogen) atoms. The average molecular weight is 332 g/mol. The van der Waals surface area contributed by atoms with E-state index in [1.54, 1.807) is 17.4 Å². The van der Waals surface area contributed by atoms with Crippen molar-refractivity contribution in [3.8, 4) is 10.7 Å². The fourth-order valence-corrected chi connectivity index (χ4v) is 3.52. The van der Waals surface area contributed by atoms with Crippen LogP contribution in [0, 0.1) is 0 Å². The van der Waals surface area contributed by atoms with Gasteiger partial charge in [0.15, 0.2) is 11.5 Å². The second-order valence-electron chi connectivity index (χ2n) is 5.10. The molecular formula is C14H12N4O2S2. The summed E-state index contributed by atoms with van der Waals surface area (Å²) in [5.41, 5.74) is 0.287. The Morgan fingerprint density at radius 3 is 3.05 bits per heavy atom. The highest BCUT2D eigenvalue weighted by atomic mass is 32.1. The van der Waals surface area contributed by atoms with Gasteiger partial charge in [-0.15, -0.1) is 11.3 Å². The minimum Gasteiger partial charge on any atom is -0.360 e. The molecule has 1 fully saturated rings. The predicted molar refractivity (Wildman–Crippen MR) is 84.3 cm³/mol. The highest BCUT2D eigenvalue weighted by Crippen LogP contribution is 2.36. The smallest absolute Gasteiger partial charge is 0.279 e. The zero-order chi connectivity index (χ0) is 14.9. The summed E-state index contributed by atoms with van der Waals surface area (Å²) < 4.78 is 9.49. The van der Waals surface area contributed by atoms with Crippen LogP contribution in [0.4, 0.5) is 5.13 Å². The van der Waals surface area contributed by atoms with Gasteiger partial charge in [0, 0.05) is 23.5 Å². The molecule has 0 saturated heterocycles. The lowest BCUT2D eigenvalue weighted by Crippen LogP contribution is -2.12. The van der Waals surface area contributed by atoms with E-state index in [9.17, 15) is 4.79 Å². The van der Waals surface area contributed by atoms with Gasteiger partial charge in [-0.25, -0.2) is 0 Å². The molecule has 0 bridgehead atoms. The molecule has 112 valence electrons. The van der Waals surface area contributed by atoms with E-state index in [1.165, 1.54) is 6.42 Å². The number of hydrogen-bond donors (Lipinski definition) is 1. The van der Waals surface area contributed by atoms with E-state index < -0.39 is 0 Å². The van der Waals surface area contributed by atoms with Crippen molar-refractivity contribution < 1.29 is 9.32 Å². The van der Waals surface area contributed by atoms with E-state index in [1.807, 2.05) is 17.5 Å². The number of rotatable bonds is 4. The molecule has 0 aliphatic heterocycles. The number of carbonyl (C=O) groups is 1. The summed E-state index contributed by atoms with van der Waals surface area (Å²) in [4.78, 5) is 17.5. The molecule has 3 aromatic heterocycles. The highest BCUT2D eigenvalue weighted by Gasteiger charge is 2.25. The van der Waals surface area contributed by atoms with Crippen LogP contribution in [0.3, 0.4) is 0 Å². The number of nitrogens with zero attached hydrogens (tertiary/aromatic N) is 3. The fraction of sp³-hybridized carbons (Fsp3) is 0.286. The molecule has 0 radical (unpaired) electrons. The first-order valence-corrected chi connectivity index (χ1v) is 8.60. The molecule has 1 aliphatic carbocycles. The van der Waals surface area contributed by atoms with Crippen molar-refractivity contribution in [1.82, 2.24) is 14.5 Å². The standard InChI is InChI=1S/C14H12N4O2S2/c19-13(9-7-10(20-17-9)8-3-1-4-8)16-14-15-12(18-22-14)11-5-2-6-21-11/h2,5-8H,1,3-4H2,(H,15,16,18,19). The van der Waals surface area contributed by atoms with E-state index in [0.29, 0.717) is 16.9 Å². The Labute approximate surface area is 134 Å². The average Bonchev–Trinajstić information content (AvgIpc) is 3.17. The lowest BCUT2D eigenvalue weighted by Gasteiger charge is -2.21. The number of aromatic nitrogens is 3. The third-order valence-corrected chi connectivity index (χ3v) is 5.15. The number of anilines is 1. The summed E-state index contributed by atoms with van der Waals surface area (Å²) in [6, 6.07) is 5.61. The Bertz CT molecular complexity index is 789. The van der Waals surface area contributed by atoms with Gasteiger partial charge in [0.1, 0.15) is 5.76 Å². The summed E-state index contributed by atoms with van der Waals surface area (Å²) >= 11 is 2.72. The monoisotopic (exact) mass is 332 g/mol. The van der Waals surface area contributed by atoms with Crippen molar-refractivity contribution in [2.45, 2.75) is 25.2 Å². The Morgan fingerprint density at radius 2 is 2.32 bits per heavy atom. The predicted octanol–water partition coefficient (Wildman–Crippen LogP) is 3.77. The van der Waals surface area contributed by atoms with Gasteiger partial charge in [0.2, 0.25) is 5.13 Å². The Hall–Kier alpha value is -2.06. The Balaban J connectivity index is 1.46. The molecule has 0 spiro atoms. The largest absolute Gasteiger partial charge is 0.360 e. The highest BCUT2D eigenvalue weighted by molar-refractivity contribution is 7.14. The molecule has 1 saturated carbocycles. The first kappa shape index (κ1) is 13.6. The summed E-state index contributed by atoms with van der Waals surface area (Å²) in [5.74, 6) is 1.53. The van der Waals surface area contributed by atoms with Gasteiger partial charge >= 0.3 is 0 Å². The van der Waals surface area contributed by atoms with Crippen LogP contribution in [-0.2, 0) is 0 Å². The van der Waals surface area contributed by atoms with Gasteiger partial charge in [-0.1, -0.05) is 17.6 Å². The molecule has 3 heterocycles. The third kappa shape index (κ3) is 2.55. The third-order valence-electron chi connectivity index (χ3n) is 3.66. The van der Waals surface area contributed by atoms with Crippen LogP contribution in [0.5, 0.6) is 0 Å². The van der Waals surface area contributed by atoms with E-state index in [-0.39, 0.29) is 11.6 Å². The summed E-state index contributed by atoms with van der Waals surface area (Å²) in [7, 11) is 0. The first-order chi connectivity index (χ1) is 10.8. The molecule has 0 aromatic carbocycles. The number of nitrogens with one attached hydrogen (secondary N) is 1. The van der Waals surface area contributed by atoms with Gasteiger partial charge in [-0.2, -0.15) is 9.36 Å². The molecule has 0 atom stereocenters. The molecule has 1 N–H and O–H groups in total. The quantitative estimate of drug-likeness (QED) is 0.786. The lowest BCUT2D eigenvalue weighted by molar-refractivity contribution is 0.101. The minimum atomic E-state index is -0.316. The van der Waals surface area contributed by atoms with Crippen molar-refractivity contribution in [1.29, 1.82) is 0 Å². The maximum Gasteiger partial charge on any atom is 0.279 e. The van der Waals surface area contributed by atoms with Crippen molar-refractivity contribution in [3.05, 3.63) is 35.0 Å². The second kappa shape index (κ2) is 5.62. The molecule has 6 nitrogen and oxygen atoms in total.